The van der Waals surface area contributed by atoms with Gasteiger partial charge in [-0.05, 0) is 35.9 Å². The summed E-state index contributed by atoms with van der Waals surface area (Å²) in [6.45, 7) is 0. The lowest BCUT2D eigenvalue weighted by Crippen LogP contribution is -2.20. The van der Waals surface area contributed by atoms with Crippen LogP contribution in [-0.4, -0.2) is 13.9 Å². The number of rotatable bonds is 3. The quantitative estimate of drug-likeness (QED) is 0.397. The van der Waals surface area contributed by atoms with Crippen molar-refractivity contribution in [2.45, 2.75) is 0 Å². The number of fused-ring (bicyclic) bond motifs is 1. The lowest BCUT2D eigenvalue weighted by atomic mass is 10.1. The van der Waals surface area contributed by atoms with E-state index in [0.717, 1.165) is 28.1 Å². The van der Waals surface area contributed by atoms with Crippen LogP contribution in [0, 0.1) is 0 Å². The minimum atomic E-state index is -0.0478. The van der Waals surface area contributed by atoms with E-state index in [2.05, 4.69) is 0 Å². The molecule has 0 aliphatic carbocycles. The number of para-hydroxylation sites is 1. The molecule has 0 N–H and O–H groups in total. The molecule has 0 atom stereocenters. The van der Waals surface area contributed by atoms with E-state index in [1.807, 2.05) is 107 Å². The van der Waals surface area contributed by atoms with Crippen molar-refractivity contribution >= 4 is 22.5 Å². The number of halogens is 1. The van der Waals surface area contributed by atoms with Crippen LogP contribution in [0.4, 0.5) is 0 Å². The summed E-state index contributed by atoms with van der Waals surface area (Å²) in [5.74, 6) is 0. The summed E-state index contributed by atoms with van der Waals surface area (Å²) in [7, 11) is 1.91. The Balaban J connectivity index is 1.89. The van der Waals surface area contributed by atoms with Crippen LogP contribution in [0.2, 0.25) is 5.02 Å². The molecule has 29 heavy (non-hydrogen) atoms. The molecule has 2 heterocycles. The summed E-state index contributed by atoms with van der Waals surface area (Å²) < 4.78 is 5.66. The van der Waals surface area contributed by atoms with E-state index >= 15 is 0 Å². The van der Waals surface area contributed by atoms with Crippen LogP contribution in [0.25, 0.3) is 33.5 Å². The van der Waals surface area contributed by atoms with Crippen LogP contribution in [0.5, 0.6) is 0 Å². The minimum absolute atomic E-state index is 0.0478. The molecule has 5 rings (SSSR count). The summed E-state index contributed by atoms with van der Waals surface area (Å²) in [4.78, 5) is 13.6. The lowest BCUT2D eigenvalue weighted by Gasteiger charge is -2.11. The molecular weight excluding hydrogens is 382 g/mol. The molecule has 0 amide bonds. The van der Waals surface area contributed by atoms with Gasteiger partial charge in [0.2, 0.25) is 0 Å². The van der Waals surface area contributed by atoms with Gasteiger partial charge in [-0.25, -0.2) is 4.68 Å². The summed E-state index contributed by atoms with van der Waals surface area (Å²) in [6.07, 6.45) is 2.00. The maximum absolute atomic E-state index is 13.6. The fourth-order valence-electron chi connectivity index (χ4n) is 3.87. The molecule has 0 radical (unpaired) electrons. The Morgan fingerprint density at radius 3 is 2.14 bits per heavy atom. The van der Waals surface area contributed by atoms with Gasteiger partial charge in [-0.3, -0.25) is 9.48 Å². The monoisotopic (exact) mass is 399 g/mol. The third-order valence-corrected chi connectivity index (χ3v) is 5.41. The van der Waals surface area contributed by atoms with E-state index in [-0.39, 0.29) is 5.56 Å². The highest BCUT2D eigenvalue weighted by molar-refractivity contribution is 6.30. The first-order valence-electron chi connectivity index (χ1n) is 9.35. The summed E-state index contributed by atoms with van der Waals surface area (Å²) in [5, 5.41) is 1.34. The first-order chi connectivity index (χ1) is 14.1. The Morgan fingerprint density at radius 2 is 1.45 bits per heavy atom. The molecule has 0 saturated heterocycles. The van der Waals surface area contributed by atoms with E-state index < -0.39 is 0 Å². The second kappa shape index (κ2) is 6.83. The SMILES string of the molecule is Cn1c2cn(-c3cccc(Cl)c3)c(-c3ccccc3)c2c(=O)n1-c1ccccc1. The molecular formula is C24H18ClN3O. The zero-order valence-corrected chi connectivity index (χ0v) is 16.5. The highest BCUT2D eigenvalue weighted by atomic mass is 35.5. The zero-order chi connectivity index (χ0) is 20.0. The van der Waals surface area contributed by atoms with Gasteiger partial charge >= 0.3 is 0 Å². The average molecular weight is 400 g/mol. The van der Waals surface area contributed by atoms with E-state index in [4.69, 9.17) is 11.6 Å². The third-order valence-electron chi connectivity index (χ3n) is 5.17. The highest BCUT2D eigenvalue weighted by Gasteiger charge is 2.22. The van der Waals surface area contributed by atoms with Crippen molar-refractivity contribution < 1.29 is 0 Å². The number of hydrogen-bond acceptors (Lipinski definition) is 1. The normalized spacial score (nSPS) is 11.2. The molecule has 3 aromatic carbocycles. The molecule has 142 valence electrons. The number of hydrogen-bond donors (Lipinski definition) is 0. The summed E-state index contributed by atoms with van der Waals surface area (Å²) in [6, 6.07) is 27.3. The van der Waals surface area contributed by atoms with Gasteiger partial charge in [-0.1, -0.05) is 66.2 Å². The van der Waals surface area contributed by atoms with Gasteiger partial charge in [-0.15, -0.1) is 0 Å². The van der Waals surface area contributed by atoms with Crippen molar-refractivity contribution in [3.63, 3.8) is 0 Å². The maximum atomic E-state index is 13.6. The van der Waals surface area contributed by atoms with Gasteiger partial charge in [0, 0.05) is 24.0 Å². The van der Waals surface area contributed by atoms with Crippen LogP contribution >= 0.6 is 11.6 Å². The van der Waals surface area contributed by atoms with Crippen molar-refractivity contribution in [2.75, 3.05) is 0 Å². The number of aromatic nitrogens is 3. The van der Waals surface area contributed by atoms with Crippen molar-refractivity contribution in [1.29, 1.82) is 0 Å². The number of aryl methyl sites for hydroxylation is 1. The van der Waals surface area contributed by atoms with Crippen LogP contribution in [0.3, 0.4) is 0 Å². The Morgan fingerprint density at radius 1 is 0.793 bits per heavy atom. The number of benzene rings is 3. The molecule has 0 bridgehead atoms. The first kappa shape index (κ1) is 17.6. The van der Waals surface area contributed by atoms with E-state index in [0.29, 0.717) is 10.4 Å². The van der Waals surface area contributed by atoms with Crippen LogP contribution in [0.1, 0.15) is 0 Å². The van der Waals surface area contributed by atoms with Gasteiger partial charge in [-0.2, -0.15) is 0 Å². The predicted octanol–water partition coefficient (Wildman–Crippen LogP) is 5.44. The first-order valence-corrected chi connectivity index (χ1v) is 9.73. The molecule has 5 aromatic rings. The molecule has 2 aromatic heterocycles. The fourth-order valence-corrected chi connectivity index (χ4v) is 4.05. The molecule has 4 nitrogen and oxygen atoms in total. The molecule has 0 unspecified atom stereocenters. The Hall–Kier alpha value is -3.50. The van der Waals surface area contributed by atoms with Crippen molar-refractivity contribution in [3.05, 3.63) is 107 Å². The van der Waals surface area contributed by atoms with Gasteiger partial charge in [0.25, 0.3) is 5.56 Å². The standard InChI is InChI=1S/C24H18ClN3O/c1-26-21-16-27(20-14-8-11-18(25)15-20)23(17-9-4-2-5-10-17)22(21)24(29)28(26)19-12-6-3-7-13-19/h2-16H,1H3. The molecule has 0 fully saturated rings. The summed E-state index contributed by atoms with van der Waals surface area (Å²) in [5.41, 5.74) is 4.40. The molecule has 0 spiro atoms. The predicted molar refractivity (Wildman–Crippen MR) is 118 cm³/mol. The zero-order valence-electron chi connectivity index (χ0n) is 15.8. The van der Waals surface area contributed by atoms with Gasteiger partial charge in [0.15, 0.2) is 0 Å². The minimum Gasteiger partial charge on any atom is -0.313 e. The smallest absolute Gasteiger partial charge is 0.281 e. The molecule has 0 aliphatic heterocycles. The average Bonchev–Trinajstić information content (AvgIpc) is 3.26. The van der Waals surface area contributed by atoms with Crippen LogP contribution < -0.4 is 5.56 Å². The summed E-state index contributed by atoms with van der Waals surface area (Å²) >= 11 is 6.25. The van der Waals surface area contributed by atoms with Gasteiger partial charge in [0.1, 0.15) is 0 Å². The van der Waals surface area contributed by atoms with E-state index in [9.17, 15) is 4.79 Å². The van der Waals surface area contributed by atoms with Gasteiger partial charge in [0.05, 0.1) is 22.3 Å². The van der Waals surface area contributed by atoms with Crippen molar-refractivity contribution in [3.8, 4) is 22.6 Å². The Labute approximate surface area is 172 Å². The van der Waals surface area contributed by atoms with Crippen LogP contribution in [-0.2, 0) is 7.05 Å². The van der Waals surface area contributed by atoms with Crippen LogP contribution in [0.15, 0.2) is 95.9 Å². The molecule has 5 heteroatoms. The highest BCUT2D eigenvalue weighted by Crippen LogP contribution is 2.32. The fraction of sp³-hybridized carbons (Fsp3) is 0.0417. The lowest BCUT2D eigenvalue weighted by molar-refractivity contribution is 0.664. The second-order valence-corrected chi connectivity index (χ2v) is 7.37. The van der Waals surface area contributed by atoms with Crippen molar-refractivity contribution in [2.24, 2.45) is 7.05 Å². The van der Waals surface area contributed by atoms with E-state index in [1.54, 1.807) is 4.68 Å². The Bertz CT molecular complexity index is 1380. The number of nitrogens with zero attached hydrogens (tertiary/aromatic N) is 3. The van der Waals surface area contributed by atoms with Gasteiger partial charge < -0.3 is 4.57 Å². The third kappa shape index (κ3) is 2.80. The van der Waals surface area contributed by atoms with E-state index in [1.165, 1.54) is 0 Å². The largest absolute Gasteiger partial charge is 0.313 e. The van der Waals surface area contributed by atoms with Crippen molar-refractivity contribution in [1.82, 2.24) is 13.9 Å². The second-order valence-electron chi connectivity index (χ2n) is 6.93. The topological polar surface area (TPSA) is 31.9 Å². The maximum Gasteiger partial charge on any atom is 0.281 e. The molecule has 0 aliphatic rings. The Kier molecular flexibility index (Phi) is 4.14. The molecule has 0 saturated carbocycles.